The number of hydrogen-bond donors (Lipinski definition) is 1. The summed E-state index contributed by atoms with van der Waals surface area (Å²) in [6, 6.07) is 2.33. The van der Waals surface area contributed by atoms with Gasteiger partial charge in [0.25, 0.3) is 0 Å². The largest absolute Gasteiger partial charge is 0.434 e. The quantitative estimate of drug-likeness (QED) is 0.535. The van der Waals surface area contributed by atoms with Gasteiger partial charge in [-0.05, 0) is 19.1 Å². The molecule has 0 unspecified atom stereocenters. The number of halogens is 6. The maximum Gasteiger partial charge on any atom is 0.434 e. The van der Waals surface area contributed by atoms with Crippen molar-refractivity contribution in [3.05, 3.63) is 57.9 Å². The van der Waals surface area contributed by atoms with Crippen molar-refractivity contribution in [1.82, 2.24) is 4.98 Å². The molecule has 0 amide bonds. The Morgan fingerprint density at radius 3 is 2.35 bits per heavy atom. The zero-order chi connectivity index (χ0) is 19.2. The van der Waals surface area contributed by atoms with Crippen molar-refractivity contribution >= 4 is 40.2 Å². The summed E-state index contributed by atoms with van der Waals surface area (Å²) in [6.07, 6.45) is -3.99. The fourth-order valence-corrected chi connectivity index (χ4v) is 2.99. The zero-order valence-electron chi connectivity index (χ0n) is 13.0. The molecule has 2 heterocycles. The number of nitrogens with one attached hydrogen (secondary N) is 1. The molecular formula is C16H9ClF5N3S. The molecule has 0 aliphatic carbocycles. The van der Waals surface area contributed by atoms with Gasteiger partial charge in [-0.3, -0.25) is 4.99 Å². The van der Waals surface area contributed by atoms with Crippen LogP contribution in [0.3, 0.4) is 0 Å². The topological polar surface area (TPSA) is 37.3 Å². The highest BCUT2D eigenvalue weighted by molar-refractivity contribution is 7.80. The minimum atomic E-state index is -4.86. The van der Waals surface area contributed by atoms with Gasteiger partial charge in [0.05, 0.1) is 34.2 Å². The number of rotatable bonds is 1. The number of hydrogen-bond acceptors (Lipinski definition) is 3. The molecule has 0 radical (unpaired) electrons. The number of benzene rings is 1. The van der Waals surface area contributed by atoms with Crippen LogP contribution in [0.2, 0.25) is 5.02 Å². The van der Waals surface area contributed by atoms with E-state index in [9.17, 15) is 22.0 Å². The molecule has 0 saturated carbocycles. The lowest BCUT2D eigenvalue weighted by atomic mass is 9.99. The number of aliphatic imine (C=N–C) groups is 1. The van der Waals surface area contributed by atoms with Gasteiger partial charge < -0.3 is 5.32 Å². The predicted molar refractivity (Wildman–Crippen MR) is 91.9 cm³/mol. The lowest BCUT2D eigenvalue weighted by Crippen LogP contribution is -2.20. The van der Waals surface area contributed by atoms with E-state index in [1.807, 2.05) is 0 Å². The molecule has 3 rings (SSSR count). The van der Waals surface area contributed by atoms with Crippen molar-refractivity contribution in [2.24, 2.45) is 4.99 Å². The second kappa shape index (κ2) is 6.55. The van der Waals surface area contributed by atoms with E-state index in [1.54, 1.807) is 0 Å². The lowest BCUT2D eigenvalue weighted by Gasteiger charge is -2.16. The summed E-state index contributed by atoms with van der Waals surface area (Å²) >= 11 is 11.0. The highest BCUT2D eigenvalue weighted by Crippen LogP contribution is 2.39. The van der Waals surface area contributed by atoms with E-state index in [1.165, 1.54) is 6.92 Å². The Kier molecular flexibility index (Phi) is 4.70. The molecule has 2 aromatic rings. The SMILES string of the molecule is C[C@@H]1N=C(c2c(F)cccc2F)c2c(cnc(C(F)(F)F)c2Cl)NC1=S. The van der Waals surface area contributed by atoms with E-state index in [2.05, 4.69) is 15.3 Å². The summed E-state index contributed by atoms with van der Waals surface area (Å²) in [5.74, 6) is -1.98. The average molecular weight is 406 g/mol. The fraction of sp³-hybridized carbons (Fsp3) is 0.188. The molecule has 0 spiro atoms. The predicted octanol–water partition coefficient (Wildman–Crippen LogP) is 5.01. The molecule has 1 aliphatic rings. The van der Waals surface area contributed by atoms with Gasteiger partial charge in [0.1, 0.15) is 16.6 Å². The third-order valence-electron chi connectivity index (χ3n) is 3.68. The van der Waals surface area contributed by atoms with Gasteiger partial charge in [-0.2, -0.15) is 13.2 Å². The van der Waals surface area contributed by atoms with Gasteiger partial charge in [0.2, 0.25) is 0 Å². The van der Waals surface area contributed by atoms with Crippen molar-refractivity contribution in [3.63, 3.8) is 0 Å². The number of aromatic nitrogens is 1. The van der Waals surface area contributed by atoms with Crippen LogP contribution in [0.4, 0.5) is 27.6 Å². The van der Waals surface area contributed by atoms with E-state index < -0.39 is 40.1 Å². The van der Waals surface area contributed by atoms with Crippen molar-refractivity contribution in [3.8, 4) is 0 Å². The summed E-state index contributed by atoms with van der Waals surface area (Å²) in [5.41, 5.74) is -2.67. The first-order chi connectivity index (χ1) is 12.1. The molecule has 10 heteroatoms. The van der Waals surface area contributed by atoms with Gasteiger partial charge >= 0.3 is 6.18 Å². The lowest BCUT2D eigenvalue weighted by molar-refractivity contribution is -0.141. The van der Waals surface area contributed by atoms with E-state index in [0.29, 0.717) is 0 Å². The minimum Gasteiger partial charge on any atom is -0.346 e. The number of pyridine rings is 1. The smallest absolute Gasteiger partial charge is 0.346 e. The van der Waals surface area contributed by atoms with Crippen LogP contribution in [0.15, 0.2) is 29.4 Å². The Bertz CT molecular complexity index is 922. The molecule has 136 valence electrons. The molecule has 1 aliphatic heterocycles. The van der Waals surface area contributed by atoms with Crippen LogP contribution < -0.4 is 5.32 Å². The molecule has 1 aromatic carbocycles. The number of fused-ring (bicyclic) bond motifs is 1. The molecule has 1 atom stereocenters. The van der Waals surface area contributed by atoms with Crippen molar-refractivity contribution in [1.29, 1.82) is 0 Å². The molecule has 0 fully saturated rings. The minimum absolute atomic E-state index is 0.0150. The third-order valence-corrected chi connectivity index (χ3v) is 4.50. The molecular weight excluding hydrogens is 397 g/mol. The maximum absolute atomic E-state index is 14.3. The van der Waals surface area contributed by atoms with Gasteiger partial charge in [-0.1, -0.05) is 29.9 Å². The van der Waals surface area contributed by atoms with E-state index in [-0.39, 0.29) is 22.0 Å². The third kappa shape index (κ3) is 3.16. The van der Waals surface area contributed by atoms with Gasteiger partial charge in [-0.15, -0.1) is 0 Å². The van der Waals surface area contributed by atoms with Crippen LogP contribution in [0.25, 0.3) is 0 Å². The van der Waals surface area contributed by atoms with Crippen LogP contribution in [-0.2, 0) is 6.18 Å². The standard InChI is InChI=1S/C16H9ClF5N3S/c1-6-15(26)25-9-5-23-14(16(20,21)22)12(17)11(9)13(24-6)10-7(18)3-2-4-8(10)19/h2-6H,1H3,(H,25,26)/t6-/m0/s1. The Morgan fingerprint density at radius 2 is 1.77 bits per heavy atom. The van der Waals surface area contributed by atoms with Crippen molar-refractivity contribution < 1.29 is 22.0 Å². The first-order valence-electron chi connectivity index (χ1n) is 7.20. The van der Waals surface area contributed by atoms with Gasteiger partial charge in [0.15, 0.2) is 5.69 Å². The first-order valence-corrected chi connectivity index (χ1v) is 7.99. The molecule has 0 bridgehead atoms. The van der Waals surface area contributed by atoms with Crippen LogP contribution in [0.5, 0.6) is 0 Å². The maximum atomic E-state index is 14.3. The molecule has 1 N–H and O–H groups in total. The Morgan fingerprint density at radius 1 is 1.15 bits per heavy atom. The van der Waals surface area contributed by atoms with E-state index in [0.717, 1.165) is 24.4 Å². The number of thiocarbonyl (C=S) groups is 1. The monoisotopic (exact) mass is 405 g/mol. The molecule has 0 saturated heterocycles. The molecule has 26 heavy (non-hydrogen) atoms. The van der Waals surface area contributed by atoms with E-state index in [4.69, 9.17) is 23.8 Å². The van der Waals surface area contributed by atoms with Crippen LogP contribution in [0, 0.1) is 11.6 Å². The highest BCUT2D eigenvalue weighted by atomic mass is 35.5. The Labute approximate surface area is 154 Å². The summed E-state index contributed by atoms with van der Waals surface area (Å²) in [5, 5.41) is 1.87. The van der Waals surface area contributed by atoms with Gasteiger partial charge in [0, 0.05) is 5.56 Å². The Balaban J connectivity index is 2.39. The summed E-state index contributed by atoms with van der Waals surface area (Å²) in [7, 11) is 0. The average Bonchev–Trinajstić information content (AvgIpc) is 2.64. The van der Waals surface area contributed by atoms with Crippen LogP contribution in [-0.4, -0.2) is 21.7 Å². The normalized spacial score (nSPS) is 17.3. The summed E-state index contributed by atoms with van der Waals surface area (Å²) in [6.45, 7) is 1.53. The fourth-order valence-electron chi connectivity index (χ4n) is 2.48. The number of anilines is 1. The van der Waals surface area contributed by atoms with E-state index >= 15 is 0 Å². The first kappa shape index (κ1) is 18.7. The second-order valence-electron chi connectivity index (χ2n) is 5.45. The summed E-state index contributed by atoms with van der Waals surface area (Å²) < 4.78 is 68.1. The van der Waals surface area contributed by atoms with Crippen LogP contribution in [0.1, 0.15) is 23.7 Å². The number of alkyl halides is 3. The second-order valence-corrected chi connectivity index (χ2v) is 6.26. The molecule has 3 nitrogen and oxygen atoms in total. The zero-order valence-corrected chi connectivity index (χ0v) is 14.5. The van der Waals surface area contributed by atoms with Crippen molar-refractivity contribution in [2.45, 2.75) is 19.1 Å². The Hall–Kier alpha value is -2.13. The molecule has 1 aromatic heterocycles. The van der Waals surface area contributed by atoms with Crippen molar-refractivity contribution in [2.75, 3.05) is 5.32 Å². The number of nitrogens with zero attached hydrogens (tertiary/aromatic N) is 2. The van der Waals surface area contributed by atoms with Crippen LogP contribution >= 0.6 is 23.8 Å². The van der Waals surface area contributed by atoms with Gasteiger partial charge in [-0.25, -0.2) is 13.8 Å². The highest BCUT2D eigenvalue weighted by Gasteiger charge is 2.39. The summed E-state index contributed by atoms with van der Waals surface area (Å²) in [4.78, 5) is 7.59.